The minimum absolute atomic E-state index is 0.0435. The first kappa shape index (κ1) is 32.5. The van der Waals surface area contributed by atoms with E-state index < -0.39 is 18.2 Å². The van der Waals surface area contributed by atoms with Crippen LogP contribution < -0.4 is 16.0 Å². The topological polar surface area (TPSA) is 147 Å². The number of para-hydroxylation sites is 1. The number of ketones is 1. The summed E-state index contributed by atoms with van der Waals surface area (Å²) < 4.78 is 0. The molecule has 48 heavy (non-hydrogen) atoms. The molecular weight excluding hydrogens is 608 g/mol. The summed E-state index contributed by atoms with van der Waals surface area (Å²) in [6, 6.07) is 20.3. The van der Waals surface area contributed by atoms with Crippen LogP contribution in [0, 0.1) is 5.92 Å². The van der Waals surface area contributed by atoms with Gasteiger partial charge in [0.1, 0.15) is 18.0 Å². The van der Waals surface area contributed by atoms with E-state index in [1.165, 1.54) is 17.0 Å². The van der Waals surface area contributed by atoms with Crippen LogP contribution in [0.2, 0.25) is 0 Å². The van der Waals surface area contributed by atoms with E-state index in [1.807, 2.05) is 48.5 Å². The van der Waals surface area contributed by atoms with Crippen molar-refractivity contribution >= 4 is 34.5 Å². The van der Waals surface area contributed by atoms with E-state index in [9.17, 15) is 24.3 Å². The van der Waals surface area contributed by atoms with Gasteiger partial charge in [-0.15, -0.1) is 6.58 Å². The molecule has 2 fully saturated rings. The Morgan fingerprint density at radius 3 is 2.48 bits per heavy atom. The average molecular weight is 649 g/mol. The molecule has 2 aliphatic rings. The van der Waals surface area contributed by atoms with E-state index in [2.05, 4.69) is 27.5 Å². The summed E-state index contributed by atoms with van der Waals surface area (Å²) in [4.78, 5) is 60.9. The van der Waals surface area contributed by atoms with Gasteiger partial charge in [0.2, 0.25) is 11.8 Å². The van der Waals surface area contributed by atoms with Crippen LogP contribution >= 0.6 is 0 Å². The Labute approximate surface area is 279 Å². The zero-order valence-electron chi connectivity index (χ0n) is 26.7. The molecule has 11 nitrogen and oxygen atoms in total. The molecule has 0 bridgehead atoms. The van der Waals surface area contributed by atoms with E-state index in [0.717, 1.165) is 40.4 Å². The largest absolute Gasteiger partial charge is 0.508 e. The number of aromatic hydroxyl groups is 1. The number of benzene rings is 3. The fraction of sp³-hybridized carbons (Fsp3) is 0.297. The van der Waals surface area contributed by atoms with Gasteiger partial charge in [-0.25, -0.2) is 4.79 Å². The highest BCUT2D eigenvalue weighted by Gasteiger charge is 2.44. The molecule has 3 aromatic carbocycles. The second-order valence-corrected chi connectivity index (χ2v) is 12.3. The van der Waals surface area contributed by atoms with Gasteiger partial charge in [0.25, 0.3) is 0 Å². The zero-order chi connectivity index (χ0) is 33.6. The standard InChI is InChI=1S/C37H40N6O5/c1-2-17-38-21-33(45)43-31(18-24-11-15-28(44)16-12-24)36(47)42(23-32(43)41-37(48)40-19-25-7-4-3-5-8-25)22-27-9-6-10-29-30(20-39-34(27)29)35(46)26-13-14-26/h2-12,15-16,20,26,31-32,38-39,44H,1,13-14,17-19,21-23H2,(H2,40,41,48)/t31-,32+/m0/s1. The van der Waals surface area contributed by atoms with Gasteiger partial charge in [-0.05, 0) is 41.7 Å². The number of H-pyrrole nitrogens is 1. The lowest BCUT2D eigenvalue weighted by molar-refractivity contribution is -0.156. The Balaban J connectivity index is 1.31. The van der Waals surface area contributed by atoms with Gasteiger partial charge in [0, 0.05) is 49.1 Å². The summed E-state index contributed by atoms with van der Waals surface area (Å²) in [6.45, 7) is 4.55. The van der Waals surface area contributed by atoms with Gasteiger partial charge < -0.3 is 35.8 Å². The quantitative estimate of drug-likeness (QED) is 0.0846. The summed E-state index contributed by atoms with van der Waals surface area (Å²) in [7, 11) is 0. The summed E-state index contributed by atoms with van der Waals surface area (Å²) >= 11 is 0. The maximum Gasteiger partial charge on any atom is 0.316 e. The third-order valence-electron chi connectivity index (χ3n) is 8.85. The highest BCUT2D eigenvalue weighted by molar-refractivity contribution is 6.10. The molecule has 0 radical (unpaired) electrons. The number of phenols is 1. The third kappa shape index (κ3) is 7.42. The number of fused-ring (bicyclic) bond motifs is 1. The molecule has 1 aliphatic carbocycles. The van der Waals surface area contributed by atoms with Crippen LogP contribution in [0.15, 0.2) is 91.6 Å². The number of amides is 4. The van der Waals surface area contributed by atoms with Crippen molar-refractivity contribution in [2.75, 3.05) is 19.6 Å². The number of rotatable bonds is 13. The van der Waals surface area contributed by atoms with Crippen molar-refractivity contribution in [3.63, 3.8) is 0 Å². The SMILES string of the molecule is C=CCNCC(=O)N1[C@@H](NC(=O)NCc2ccccc2)CN(Cc2cccc3c(C(=O)C4CC4)c[nH]c23)C(=O)[C@@H]1Cc1ccc(O)cc1. The predicted octanol–water partition coefficient (Wildman–Crippen LogP) is 3.85. The summed E-state index contributed by atoms with van der Waals surface area (Å²) in [5, 5.41) is 19.6. The molecule has 4 amide bonds. The molecule has 6 rings (SSSR count). The molecule has 4 aromatic rings. The highest BCUT2D eigenvalue weighted by atomic mass is 16.3. The molecule has 0 spiro atoms. The number of carbonyl (C=O) groups is 4. The Morgan fingerprint density at radius 2 is 1.75 bits per heavy atom. The molecule has 2 atom stereocenters. The summed E-state index contributed by atoms with van der Waals surface area (Å²) in [6.07, 6.45) is 4.51. The first-order valence-corrected chi connectivity index (χ1v) is 16.2. The number of phenolic OH excluding ortho intramolecular Hbond substituents is 1. The minimum Gasteiger partial charge on any atom is -0.508 e. The highest BCUT2D eigenvalue weighted by Crippen LogP contribution is 2.35. The van der Waals surface area contributed by atoms with Crippen molar-refractivity contribution in [1.29, 1.82) is 0 Å². The Kier molecular flexibility index (Phi) is 9.86. The van der Waals surface area contributed by atoms with Crippen LogP contribution in [0.25, 0.3) is 10.9 Å². The summed E-state index contributed by atoms with van der Waals surface area (Å²) in [5.41, 5.74) is 3.91. The second kappa shape index (κ2) is 14.6. The van der Waals surface area contributed by atoms with Gasteiger partial charge in [-0.3, -0.25) is 14.4 Å². The third-order valence-corrected chi connectivity index (χ3v) is 8.85. The molecule has 5 N–H and O–H groups in total. The molecule has 1 aliphatic heterocycles. The van der Waals surface area contributed by atoms with Crippen molar-refractivity contribution in [2.45, 2.75) is 44.6 Å². The molecule has 1 saturated heterocycles. The van der Waals surface area contributed by atoms with Gasteiger partial charge in [0.05, 0.1) is 18.6 Å². The average Bonchev–Trinajstić information content (AvgIpc) is 3.85. The van der Waals surface area contributed by atoms with Crippen LogP contribution in [0.3, 0.4) is 0 Å². The number of piperazine rings is 1. The predicted molar refractivity (Wildman–Crippen MR) is 182 cm³/mol. The van der Waals surface area contributed by atoms with Gasteiger partial charge in [0.15, 0.2) is 5.78 Å². The number of aromatic amines is 1. The van der Waals surface area contributed by atoms with Gasteiger partial charge in [-0.2, -0.15) is 0 Å². The minimum atomic E-state index is -0.949. The molecule has 248 valence electrons. The van der Waals surface area contributed by atoms with Crippen molar-refractivity contribution in [2.24, 2.45) is 5.92 Å². The number of nitrogens with zero attached hydrogens (tertiary/aromatic N) is 2. The Morgan fingerprint density at radius 1 is 0.979 bits per heavy atom. The van der Waals surface area contributed by atoms with Crippen LogP contribution in [-0.2, 0) is 29.1 Å². The first-order valence-electron chi connectivity index (χ1n) is 16.2. The van der Waals surface area contributed by atoms with Crippen LogP contribution in [0.4, 0.5) is 4.79 Å². The van der Waals surface area contributed by atoms with Crippen LogP contribution in [0.5, 0.6) is 5.75 Å². The smallest absolute Gasteiger partial charge is 0.316 e. The van der Waals surface area contributed by atoms with Gasteiger partial charge in [-0.1, -0.05) is 66.7 Å². The van der Waals surface area contributed by atoms with Crippen molar-refractivity contribution in [3.05, 3.63) is 114 Å². The molecule has 1 aromatic heterocycles. The fourth-order valence-electron chi connectivity index (χ4n) is 6.26. The lowest BCUT2D eigenvalue weighted by Gasteiger charge is -2.46. The van der Waals surface area contributed by atoms with E-state index in [0.29, 0.717) is 12.1 Å². The van der Waals surface area contributed by atoms with Crippen LogP contribution in [-0.4, -0.2) is 75.4 Å². The van der Waals surface area contributed by atoms with E-state index in [1.54, 1.807) is 29.3 Å². The monoisotopic (exact) mass is 648 g/mol. The molecule has 1 saturated carbocycles. The van der Waals surface area contributed by atoms with E-state index >= 15 is 0 Å². The molecule has 0 unspecified atom stereocenters. The van der Waals surface area contributed by atoms with Gasteiger partial charge >= 0.3 is 6.03 Å². The lowest BCUT2D eigenvalue weighted by atomic mass is 9.98. The number of carbonyl (C=O) groups excluding carboxylic acids is 4. The fourth-order valence-corrected chi connectivity index (χ4v) is 6.26. The number of hydrogen-bond donors (Lipinski definition) is 5. The Hall–Kier alpha value is -5.42. The second-order valence-electron chi connectivity index (χ2n) is 12.3. The number of aromatic nitrogens is 1. The van der Waals surface area contributed by atoms with E-state index in [-0.39, 0.29) is 61.9 Å². The van der Waals surface area contributed by atoms with Crippen molar-refractivity contribution < 1.29 is 24.3 Å². The Bertz CT molecular complexity index is 1800. The summed E-state index contributed by atoms with van der Waals surface area (Å²) in [5.74, 6) is -0.338. The number of hydrogen-bond acceptors (Lipinski definition) is 6. The van der Waals surface area contributed by atoms with Crippen molar-refractivity contribution in [1.82, 2.24) is 30.7 Å². The van der Waals surface area contributed by atoms with Crippen molar-refractivity contribution in [3.8, 4) is 5.75 Å². The number of Topliss-reactive ketones (excluding diaryl/α,β-unsaturated/α-hetero) is 1. The molecule has 11 heteroatoms. The maximum absolute atomic E-state index is 14.4. The van der Waals surface area contributed by atoms with Crippen LogP contribution in [0.1, 0.15) is 39.9 Å². The van der Waals surface area contributed by atoms with E-state index in [4.69, 9.17) is 0 Å². The lowest BCUT2D eigenvalue weighted by Crippen LogP contribution is -2.69. The maximum atomic E-state index is 14.4. The molecular formula is C37H40N6O5. The normalized spacial score (nSPS) is 17.7. The molecule has 2 heterocycles. The zero-order valence-corrected chi connectivity index (χ0v) is 26.7. The first-order chi connectivity index (χ1) is 23.3. The number of urea groups is 1. The number of nitrogens with one attached hydrogen (secondary N) is 4.